The van der Waals surface area contributed by atoms with Gasteiger partial charge in [-0.15, -0.1) is 0 Å². The van der Waals surface area contributed by atoms with Gasteiger partial charge in [0.15, 0.2) is 14.1 Å². The number of aliphatic hydroxyl groups excluding tert-OH is 1. The number of aliphatic hydroxyl groups is 1. The fraction of sp³-hybridized carbons (Fsp3) is 0.714. The van der Waals surface area contributed by atoms with Crippen molar-refractivity contribution < 1.29 is 24.2 Å². The van der Waals surface area contributed by atoms with Crippen molar-refractivity contribution in [1.82, 2.24) is 0 Å². The van der Waals surface area contributed by atoms with Gasteiger partial charge >= 0.3 is 5.97 Å². The molecule has 0 aromatic heterocycles. The van der Waals surface area contributed by atoms with Crippen LogP contribution in [-0.4, -0.2) is 42.5 Å². The van der Waals surface area contributed by atoms with Crippen molar-refractivity contribution in [3.63, 3.8) is 0 Å². The summed E-state index contributed by atoms with van der Waals surface area (Å²) in [6, 6.07) is 0. The van der Waals surface area contributed by atoms with Crippen molar-refractivity contribution in [2.24, 2.45) is 11.8 Å². The lowest BCUT2D eigenvalue weighted by atomic mass is 9.90. The Hall–Kier alpha value is -1.24. The quantitative estimate of drug-likeness (QED) is 0.344. The lowest BCUT2D eigenvalue weighted by molar-refractivity contribution is -0.139. The number of ketones is 1. The van der Waals surface area contributed by atoms with Crippen molar-refractivity contribution in [3.05, 3.63) is 24.3 Å². The molecule has 1 aliphatic rings. The number of carbonyl (C=O) groups is 2. The van der Waals surface area contributed by atoms with Crippen LogP contribution in [0.2, 0.25) is 18.1 Å². The molecule has 0 spiro atoms. The molecule has 1 aliphatic carbocycles. The van der Waals surface area contributed by atoms with E-state index in [1.54, 1.807) is 6.08 Å². The Labute approximate surface area is 164 Å². The van der Waals surface area contributed by atoms with E-state index in [4.69, 9.17) is 4.43 Å². The van der Waals surface area contributed by atoms with Crippen LogP contribution >= 0.6 is 0 Å². The predicted molar refractivity (Wildman–Crippen MR) is 110 cm³/mol. The number of carbonyl (C=O) groups excluding carboxylic acids is 1. The molecule has 0 amide bonds. The van der Waals surface area contributed by atoms with Gasteiger partial charge in [0, 0.05) is 18.3 Å². The van der Waals surface area contributed by atoms with Gasteiger partial charge in [0.2, 0.25) is 0 Å². The molecule has 4 atom stereocenters. The summed E-state index contributed by atoms with van der Waals surface area (Å²) in [5, 5.41) is 19.7. The van der Waals surface area contributed by atoms with Crippen molar-refractivity contribution in [3.8, 4) is 0 Å². The van der Waals surface area contributed by atoms with Crippen LogP contribution in [0.4, 0.5) is 0 Å². The Morgan fingerprint density at radius 2 is 1.85 bits per heavy atom. The minimum Gasteiger partial charge on any atom is -0.481 e. The molecule has 6 heteroatoms. The van der Waals surface area contributed by atoms with Crippen LogP contribution in [0.15, 0.2) is 24.3 Å². The van der Waals surface area contributed by atoms with Gasteiger partial charge in [-0.25, -0.2) is 0 Å². The highest BCUT2D eigenvalue weighted by atomic mass is 28.4. The first-order valence-corrected chi connectivity index (χ1v) is 12.7. The maximum absolute atomic E-state index is 12.1. The van der Waals surface area contributed by atoms with Crippen LogP contribution in [0, 0.1) is 11.8 Å². The summed E-state index contributed by atoms with van der Waals surface area (Å²) in [5.41, 5.74) is 0. The van der Waals surface area contributed by atoms with E-state index in [1.807, 2.05) is 19.1 Å². The van der Waals surface area contributed by atoms with E-state index in [0.29, 0.717) is 12.8 Å². The highest BCUT2D eigenvalue weighted by molar-refractivity contribution is 6.74. The van der Waals surface area contributed by atoms with E-state index in [1.165, 1.54) is 6.08 Å². The molecule has 0 saturated heterocycles. The summed E-state index contributed by atoms with van der Waals surface area (Å²) in [5.74, 6) is -1.68. The van der Waals surface area contributed by atoms with Crippen molar-refractivity contribution >= 4 is 20.1 Å². The zero-order chi connectivity index (χ0) is 20.8. The monoisotopic (exact) mass is 396 g/mol. The molecule has 2 N–H and O–H groups in total. The molecule has 0 aromatic rings. The van der Waals surface area contributed by atoms with Crippen molar-refractivity contribution in [1.29, 1.82) is 0 Å². The second-order valence-corrected chi connectivity index (χ2v) is 13.7. The van der Waals surface area contributed by atoms with Gasteiger partial charge in [0.1, 0.15) is 0 Å². The highest BCUT2D eigenvalue weighted by Crippen LogP contribution is 2.44. The predicted octanol–water partition coefficient (Wildman–Crippen LogP) is 4.33. The molecule has 0 radical (unpaired) electrons. The van der Waals surface area contributed by atoms with E-state index in [-0.39, 0.29) is 29.3 Å². The first-order valence-electron chi connectivity index (χ1n) is 9.82. The molecule has 0 heterocycles. The fourth-order valence-corrected chi connectivity index (χ4v) is 4.54. The second-order valence-electron chi connectivity index (χ2n) is 8.97. The minimum atomic E-state index is -2.08. The molecule has 0 unspecified atom stereocenters. The standard InChI is InChI=1S/C21H36O5Si/c1-7-8-9-10-15(22)11-12-16-17(13-20(24)25)18(23)14-19(16)26-27(5,6)21(2,3)4/h8-9,11-12,16-19,23H,7,10,13-14H2,1-6H3,(H,24,25)/b9-8-,12-11+/t16-,17-,18+,19-/m0/s1. The average molecular weight is 397 g/mol. The van der Waals surface area contributed by atoms with Gasteiger partial charge in [0.05, 0.1) is 18.6 Å². The zero-order valence-corrected chi connectivity index (χ0v) is 18.6. The maximum Gasteiger partial charge on any atom is 0.303 e. The summed E-state index contributed by atoms with van der Waals surface area (Å²) in [4.78, 5) is 23.4. The van der Waals surface area contributed by atoms with Gasteiger partial charge in [-0.2, -0.15) is 0 Å². The van der Waals surface area contributed by atoms with Crippen LogP contribution in [0.3, 0.4) is 0 Å². The van der Waals surface area contributed by atoms with Gasteiger partial charge < -0.3 is 14.6 Å². The van der Waals surface area contributed by atoms with Gasteiger partial charge in [0.25, 0.3) is 0 Å². The first-order chi connectivity index (χ1) is 12.4. The van der Waals surface area contributed by atoms with Crippen LogP contribution in [0.1, 0.15) is 53.4 Å². The van der Waals surface area contributed by atoms with Gasteiger partial charge in [-0.05, 0) is 37.0 Å². The van der Waals surface area contributed by atoms with Crippen LogP contribution in [0.5, 0.6) is 0 Å². The molecule has 0 aliphatic heterocycles. The average Bonchev–Trinajstić information content (AvgIpc) is 2.78. The third kappa shape index (κ3) is 7.01. The van der Waals surface area contributed by atoms with E-state index >= 15 is 0 Å². The molecule has 0 bridgehead atoms. The van der Waals surface area contributed by atoms with Crippen LogP contribution < -0.4 is 0 Å². The molecule has 5 nitrogen and oxygen atoms in total. The maximum atomic E-state index is 12.1. The Kier molecular flexibility index (Phi) is 8.64. The summed E-state index contributed by atoms with van der Waals surface area (Å²) in [7, 11) is -2.08. The normalized spacial score (nSPS) is 26.9. The SMILES string of the molecule is CC/C=C\CC(=O)/C=C/[C@H]1[C@H](CC(=O)O)[C@H](O)C[C@@H]1O[Si](C)(C)C(C)(C)C. The van der Waals surface area contributed by atoms with Gasteiger partial charge in [-0.1, -0.05) is 45.9 Å². The Morgan fingerprint density at radius 1 is 1.22 bits per heavy atom. The Bertz CT molecular complexity index is 574. The number of carboxylic acids is 1. The summed E-state index contributed by atoms with van der Waals surface area (Å²) in [6.45, 7) is 12.7. The summed E-state index contributed by atoms with van der Waals surface area (Å²) in [6.07, 6.45) is 7.58. The molecule has 154 valence electrons. The lowest BCUT2D eigenvalue weighted by Gasteiger charge is -2.39. The molecule has 1 fully saturated rings. The lowest BCUT2D eigenvalue weighted by Crippen LogP contribution is -2.45. The fourth-order valence-electron chi connectivity index (χ4n) is 3.18. The zero-order valence-electron chi connectivity index (χ0n) is 17.6. The topological polar surface area (TPSA) is 83.8 Å². The Morgan fingerprint density at radius 3 is 2.37 bits per heavy atom. The van der Waals surface area contributed by atoms with E-state index in [9.17, 15) is 19.8 Å². The highest BCUT2D eigenvalue weighted by Gasteiger charge is 2.47. The van der Waals surface area contributed by atoms with E-state index in [2.05, 4.69) is 33.9 Å². The number of hydrogen-bond donors (Lipinski definition) is 2. The molecular weight excluding hydrogens is 360 g/mol. The first kappa shape index (κ1) is 23.8. The largest absolute Gasteiger partial charge is 0.481 e. The van der Waals surface area contributed by atoms with Crippen LogP contribution in [0.25, 0.3) is 0 Å². The minimum absolute atomic E-state index is 0.0118. The van der Waals surface area contributed by atoms with Crippen molar-refractivity contribution in [2.45, 2.75) is 83.7 Å². The third-order valence-electron chi connectivity index (χ3n) is 5.78. The molecule has 1 rings (SSSR count). The molecule has 1 saturated carbocycles. The summed E-state index contributed by atoms with van der Waals surface area (Å²) < 4.78 is 6.50. The second kappa shape index (κ2) is 9.80. The van der Waals surface area contributed by atoms with Crippen LogP contribution in [-0.2, 0) is 14.0 Å². The number of allylic oxidation sites excluding steroid dienone is 3. The number of carboxylic acid groups (broad SMARTS) is 1. The number of hydrogen-bond acceptors (Lipinski definition) is 4. The molecule has 27 heavy (non-hydrogen) atoms. The summed E-state index contributed by atoms with van der Waals surface area (Å²) >= 11 is 0. The van der Waals surface area contributed by atoms with Gasteiger partial charge in [-0.3, -0.25) is 9.59 Å². The molecular formula is C21H36O5Si. The van der Waals surface area contributed by atoms with E-state index in [0.717, 1.165) is 6.42 Å². The van der Waals surface area contributed by atoms with E-state index < -0.39 is 26.3 Å². The van der Waals surface area contributed by atoms with Crippen molar-refractivity contribution in [2.75, 3.05) is 0 Å². The third-order valence-corrected chi connectivity index (χ3v) is 10.3. The smallest absolute Gasteiger partial charge is 0.303 e. The number of aliphatic carboxylic acids is 1. The molecule has 0 aromatic carbocycles. The number of rotatable bonds is 9. The Balaban J connectivity index is 3.01.